The van der Waals surface area contributed by atoms with Crippen LogP contribution in [-0.2, 0) is 16.4 Å². The maximum atomic E-state index is 12.8. The number of hydrogen-bond donors (Lipinski definition) is 2. The topological polar surface area (TPSA) is 73.8 Å². The average Bonchev–Trinajstić information content (AvgIpc) is 3.28. The van der Waals surface area contributed by atoms with Gasteiger partial charge in [0.1, 0.15) is 0 Å². The van der Waals surface area contributed by atoms with Gasteiger partial charge in [0.25, 0.3) is 0 Å². The van der Waals surface area contributed by atoms with Crippen LogP contribution in [0.3, 0.4) is 0 Å². The van der Waals surface area contributed by atoms with Gasteiger partial charge in [-0.2, -0.15) is 11.8 Å². The van der Waals surface area contributed by atoms with E-state index in [0.717, 1.165) is 43.0 Å². The number of guanidine groups is 1. The molecular formula is C19H31IN4O2S2. The molecule has 0 bridgehead atoms. The van der Waals surface area contributed by atoms with Gasteiger partial charge in [-0.3, -0.25) is 9.30 Å². The van der Waals surface area contributed by atoms with Crippen LogP contribution in [0.1, 0.15) is 31.7 Å². The Morgan fingerprint density at radius 2 is 2.11 bits per heavy atom. The van der Waals surface area contributed by atoms with Crippen molar-refractivity contribution in [3.05, 3.63) is 29.8 Å². The number of halogens is 1. The molecule has 1 fully saturated rings. The Balaban J connectivity index is 0.00000280. The van der Waals surface area contributed by atoms with E-state index in [1.807, 2.05) is 43.0 Å². The first-order valence-corrected chi connectivity index (χ1v) is 12.6. The SMILES string of the molecule is CCNC(=NCCS(=O)(=O)N1CCc2ccccc21)NC1CCC(SC)C1.I. The van der Waals surface area contributed by atoms with Crippen molar-refractivity contribution in [1.29, 1.82) is 0 Å². The van der Waals surface area contributed by atoms with Crippen LogP contribution in [-0.4, -0.2) is 57.3 Å². The first-order valence-electron chi connectivity index (χ1n) is 9.69. The van der Waals surface area contributed by atoms with E-state index in [2.05, 4.69) is 21.9 Å². The molecule has 2 N–H and O–H groups in total. The quantitative estimate of drug-likeness (QED) is 0.318. The zero-order valence-corrected chi connectivity index (χ0v) is 20.5. The van der Waals surface area contributed by atoms with Gasteiger partial charge in [0.15, 0.2) is 5.96 Å². The molecule has 2 unspecified atom stereocenters. The molecule has 0 spiro atoms. The summed E-state index contributed by atoms with van der Waals surface area (Å²) in [7, 11) is -3.36. The molecule has 9 heteroatoms. The minimum Gasteiger partial charge on any atom is -0.357 e. The molecule has 1 aliphatic carbocycles. The number of benzene rings is 1. The monoisotopic (exact) mass is 538 g/mol. The summed E-state index contributed by atoms with van der Waals surface area (Å²) >= 11 is 1.92. The maximum Gasteiger partial charge on any atom is 0.237 e. The van der Waals surface area contributed by atoms with Gasteiger partial charge in [-0.05, 0) is 50.5 Å². The van der Waals surface area contributed by atoms with Crippen molar-refractivity contribution >= 4 is 57.4 Å². The Morgan fingerprint density at radius 1 is 1.32 bits per heavy atom. The molecule has 3 rings (SSSR count). The summed E-state index contributed by atoms with van der Waals surface area (Å²) in [5, 5.41) is 7.42. The van der Waals surface area contributed by atoms with Crippen molar-refractivity contribution in [1.82, 2.24) is 10.6 Å². The number of thioether (sulfide) groups is 1. The van der Waals surface area contributed by atoms with Crippen LogP contribution in [0, 0.1) is 0 Å². The minimum absolute atomic E-state index is 0. The fraction of sp³-hybridized carbons (Fsp3) is 0.632. The number of nitrogens with one attached hydrogen (secondary N) is 2. The van der Waals surface area contributed by atoms with Gasteiger partial charge in [0, 0.05) is 24.4 Å². The number of aliphatic imine (C=N–C) groups is 1. The lowest BCUT2D eigenvalue weighted by atomic mass is 10.2. The van der Waals surface area contributed by atoms with Crippen LogP contribution < -0.4 is 14.9 Å². The highest BCUT2D eigenvalue weighted by atomic mass is 127. The number of sulfonamides is 1. The normalized spacial score (nSPS) is 21.9. The molecule has 1 aliphatic heterocycles. The molecule has 1 heterocycles. The average molecular weight is 539 g/mol. The molecule has 1 aromatic rings. The lowest BCUT2D eigenvalue weighted by molar-refractivity contribution is 0.591. The fourth-order valence-corrected chi connectivity index (χ4v) is 5.96. The van der Waals surface area contributed by atoms with Crippen molar-refractivity contribution in [3.63, 3.8) is 0 Å². The van der Waals surface area contributed by atoms with Gasteiger partial charge in [-0.25, -0.2) is 8.42 Å². The molecule has 2 atom stereocenters. The molecule has 2 aliphatic rings. The van der Waals surface area contributed by atoms with E-state index in [9.17, 15) is 8.42 Å². The molecule has 0 saturated heterocycles. The Morgan fingerprint density at radius 3 is 2.82 bits per heavy atom. The van der Waals surface area contributed by atoms with E-state index in [4.69, 9.17) is 0 Å². The first-order chi connectivity index (χ1) is 13.0. The van der Waals surface area contributed by atoms with Crippen LogP contribution in [0.15, 0.2) is 29.3 Å². The molecule has 28 heavy (non-hydrogen) atoms. The van der Waals surface area contributed by atoms with Gasteiger partial charge in [0.2, 0.25) is 10.0 Å². The third-order valence-electron chi connectivity index (χ3n) is 5.20. The summed E-state index contributed by atoms with van der Waals surface area (Å²) < 4.78 is 27.1. The Labute approximate surface area is 190 Å². The summed E-state index contributed by atoms with van der Waals surface area (Å²) in [6.07, 6.45) is 6.43. The van der Waals surface area contributed by atoms with Gasteiger partial charge in [0.05, 0.1) is 18.0 Å². The van der Waals surface area contributed by atoms with E-state index in [1.165, 1.54) is 10.7 Å². The number of anilines is 1. The van der Waals surface area contributed by atoms with Crippen molar-refractivity contribution in [3.8, 4) is 0 Å². The zero-order valence-electron chi connectivity index (χ0n) is 16.6. The first kappa shape index (κ1) is 23.6. The van der Waals surface area contributed by atoms with E-state index in [0.29, 0.717) is 17.8 Å². The molecule has 0 aromatic heterocycles. The second kappa shape index (κ2) is 10.9. The smallest absolute Gasteiger partial charge is 0.237 e. The predicted molar refractivity (Wildman–Crippen MR) is 131 cm³/mol. The molecule has 158 valence electrons. The highest BCUT2D eigenvalue weighted by molar-refractivity contribution is 14.0. The minimum atomic E-state index is -3.36. The number of para-hydroxylation sites is 1. The van der Waals surface area contributed by atoms with E-state index < -0.39 is 10.0 Å². The van der Waals surface area contributed by atoms with E-state index in [-0.39, 0.29) is 36.3 Å². The highest BCUT2D eigenvalue weighted by Gasteiger charge is 2.29. The van der Waals surface area contributed by atoms with Crippen molar-refractivity contribution in [2.75, 3.05) is 35.9 Å². The Hall–Kier alpha value is -0.680. The van der Waals surface area contributed by atoms with Crippen molar-refractivity contribution < 1.29 is 8.42 Å². The zero-order chi connectivity index (χ0) is 19.3. The number of nitrogens with zero attached hydrogens (tertiary/aromatic N) is 2. The van der Waals surface area contributed by atoms with Gasteiger partial charge >= 0.3 is 0 Å². The summed E-state index contributed by atoms with van der Waals surface area (Å²) in [6, 6.07) is 8.15. The largest absolute Gasteiger partial charge is 0.357 e. The summed E-state index contributed by atoms with van der Waals surface area (Å²) in [5.41, 5.74) is 1.92. The maximum absolute atomic E-state index is 12.8. The molecular weight excluding hydrogens is 507 g/mol. The van der Waals surface area contributed by atoms with Gasteiger partial charge in [-0.1, -0.05) is 18.2 Å². The van der Waals surface area contributed by atoms with Crippen molar-refractivity contribution in [2.45, 2.75) is 43.9 Å². The number of rotatable bonds is 7. The molecule has 0 amide bonds. The lowest BCUT2D eigenvalue weighted by Gasteiger charge is -2.20. The molecule has 1 saturated carbocycles. The Bertz CT molecular complexity index is 773. The number of fused-ring (bicyclic) bond motifs is 1. The summed E-state index contributed by atoms with van der Waals surface area (Å²) in [5.74, 6) is 0.747. The molecule has 0 radical (unpaired) electrons. The van der Waals surface area contributed by atoms with Crippen LogP contribution in [0.25, 0.3) is 0 Å². The third kappa shape index (κ3) is 5.91. The third-order valence-corrected chi connectivity index (χ3v) is 8.05. The summed E-state index contributed by atoms with van der Waals surface area (Å²) in [6.45, 7) is 3.57. The Kier molecular flexibility index (Phi) is 9.20. The van der Waals surface area contributed by atoms with E-state index in [1.54, 1.807) is 0 Å². The van der Waals surface area contributed by atoms with Crippen molar-refractivity contribution in [2.24, 2.45) is 4.99 Å². The number of hydrogen-bond acceptors (Lipinski definition) is 4. The predicted octanol–water partition coefficient (Wildman–Crippen LogP) is 2.84. The van der Waals surface area contributed by atoms with Crippen LogP contribution >= 0.6 is 35.7 Å². The van der Waals surface area contributed by atoms with Crippen LogP contribution in [0.4, 0.5) is 5.69 Å². The van der Waals surface area contributed by atoms with E-state index >= 15 is 0 Å². The van der Waals surface area contributed by atoms with Crippen LogP contribution in [0.5, 0.6) is 0 Å². The second-order valence-corrected chi connectivity index (χ2v) is 10.2. The fourth-order valence-electron chi connectivity index (χ4n) is 3.78. The standard InChI is InChI=1S/C19H30N4O2S2.HI/c1-3-20-19(22-16-8-9-17(14-16)26-2)21-11-13-27(24,25)23-12-10-15-6-4-5-7-18(15)23;/h4-7,16-17H,3,8-14H2,1-2H3,(H2,20,21,22);1H. The van der Waals surface area contributed by atoms with Gasteiger partial charge < -0.3 is 10.6 Å². The molecule has 1 aromatic carbocycles. The summed E-state index contributed by atoms with van der Waals surface area (Å²) in [4.78, 5) is 4.52. The molecule has 6 nitrogen and oxygen atoms in total. The van der Waals surface area contributed by atoms with Gasteiger partial charge in [-0.15, -0.1) is 24.0 Å². The second-order valence-electron chi connectivity index (χ2n) is 7.04. The highest BCUT2D eigenvalue weighted by Crippen LogP contribution is 2.30. The van der Waals surface area contributed by atoms with Crippen LogP contribution in [0.2, 0.25) is 0 Å². The lowest BCUT2D eigenvalue weighted by Crippen LogP contribution is -2.43.